The van der Waals surface area contributed by atoms with Crippen molar-refractivity contribution >= 4 is 31.6 Å². The average Bonchev–Trinajstić information content (AvgIpc) is 2.69. The maximum atomic E-state index is 12.0. The van der Waals surface area contributed by atoms with Crippen molar-refractivity contribution in [2.45, 2.75) is 19.6 Å². The minimum Gasteiger partial charge on any atom is -0.361 e. The number of benzene rings is 1. The summed E-state index contributed by atoms with van der Waals surface area (Å²) >= 11 is 3.36. The quantitative estimate of drug-likeness (QED) is 0.925. The van der Waals surface area contributed by atoms with Gasteiger partial charge in [0.1, 0.15) is 17.2 Å². The normalized spacial score (nSPS) is 11.5. The van der Waals surface area contributed by atoms with Gasteiger partial charge >= 0.3 is 0 Å². The zero-order chi connectivity index (χ0) is 14.0. The molecule has 1 aromatic carbocycles. The highest BCUT2D eigenvalue weighted by atomic mass is 79.9. The summed E-state index contributed by atoms with van der Waals surface area (Å²) in [6, 6.07) is 6.98. The van der Waals surface area contributed by atoms with Crippen LogP contribution in [0.3, 0.4) is 0 Å². The van der Waals surface area contributed by atoms with Crippen LogP contribution in [0.2, 0.25) is 0 Å². The lowest BCUT2D eigenvalue weighted by Gasteiger charge is -2.10. The van der Waals surface area contributed by atoms with Crippen LogP contribution in [0.15, 0.2) is 33.3 Å². The lowest BCUT2D eigenvalue weighted by Crippen LogP contribution is -2.15. The van der Waals surface area contributed by atoms with Gasteiger partial charge in [-0.1, -0.05) is 17.3 Å². The van der Waals surface area contributed by atoms with Crippen LogP contribution in [-0.4, -0.2) is 13.6 Å². The zero-order valence-corrected chi connectivity index (χ0v) is 12.9. The van der Waals surface area contributed by atoms with Crippen molar-refractivity contribution in [2.24, 2.45) is 0 Å². The topological polar surface area (TPSA) is 72.2 Å². The Kier molecular flexibility index (Phi) is 3.96. The number of sulfonamides is 1. The summed E-state index contributed by atoms with van der Waals surface area (Å²) in [6.07, 6.45) is 0. The molecule has 0 atom stereocenters. The second-order valence-electron chi connectivity index (χ2n) is 4.23. The predicted octanol–water partition coefficient (Wildman–Crippen LogP) is 3.00. The van der Waals surface area contributed by atoms with E-state index in [2.05, 4.69) is 25.8 Å². The fourth-order valence-electron chi connectivity index (χ4n) is 1.61. The van der Waals surface area contributed by atoms with E-state index >= 15 is 0 Å². The largest absolute Gasteiger partial charge is 0.361 e. The van der Waals surface area contributed by atoms with Gasteiger partial charge in [0.2, 0.25) is 10.0 Å². The Balaban J connectivity index is 2.19. The molecule has 0 unspecified atom stereocenters. The summed E-state index contributed by atoms with van der Waals surface area (Å²) < 4.78 is 32.2. The molecule has 0 saturated heterocycles. The van der Waals surface area contributed by atoms with Crippen molar-refractivity contribution in [1.29, 1.82) is 0 Å². The highest BCUT2D eigenvalue weighted by Crippen LogP contribution is 2.27. The summed E-state index contributed by atoms with van der Waals surface area (Å²) in [5.41, 5.74) is 1.85. The fourth-order valence-corrected chi connectivity index (χ4v) is 3.21. The molecule has 0 amide bonds. The molecule has 0 bridgehead atoms. The molecule has 0 aliphatic carbocycles. The summed E-state index contributed by atoms with van der Waals surface area (Å²) in [5.74, 6) is 0.368. The Morgan fingerprint density at radius 3 is 2.74 bits per heavy atom. The molecule has 7 heteroatoms. The molecule has 0 radical (unpaired) electrons. The van der Waals surface area contributed by atoms with Crippen LogP contribution in [0, 0.1) is 13.8 Å². The van der Waals surface area contributed by atoms with Gasteiger partial charge in [-0.2, -0.15) is 0 Å². The Labute approximate surface area is 120 Å². The van der Waals surface area contributed by atoms with Crippen LogP contribution >= 0.6 is 15.9 Å². The molecule has 102 valence electrons. The molecule has 5 nitrogen and oxygen atoms in total. The molecule has 0 aliphatic heterocycles. The van der Waals surface area contributed by atoms with Crippen molar-refractivity contribution in [3.63, 3.8) is 0 Å². The number of hydrogen-bond acceptors (Lipinski definition) is 4. The first-order valence-corrected chi connectivity index (χ1v) is 8.00. The van der Waals surface area contributed by atoms with E-state index in [0.29, 0.717) is 17.1 Å². The third kappa shape index (κ3) is 3.57. The van der Waals surface area contributed by atoms with E-state index in [4.69, 9.17) is 4.52 Å². The van der Waals surface area contributed by atoms with E-state index < -0.39 is 10.0 Å². The highest BCUT2D eigenvalue weighted by molar-refractivity contribution is 9.10. The van der Waals surface area contributed by atoms with E-state index in [-0.39, 0.29) is 5.75 Å². The van der Waals surface area contributed by atoms with E-state index in [1.165, 1.54) is 0 Å². The first-order chi connectivity index (χ1) is 8.87. The van der Waals surface area contributed by atoms with Crippen LogP contribution < -0.4 is 4.72 Å². The smallest absolute Gasteiger partial charge is 0.238 e. The van der Waals surface area contributed by atoms with Gasteiger partial charge < -0.3 is 4.52 Å². The second kappa shape index (κ2) is 5.34. The third-order valence-electron chi connectivity index (χ3n) is 2.47. The third-order valence-corrected chi connectivity index (χ3v) is 4.73. The van der Waals surface area contributed by atoms with Gasteiger partial charge in [-0.15, -0.1) is 0 Å². The average molecular weight is 345 g/mol. The van der Waals surface area contributed by atoms with E-state index in [1.54, 1.807) is 25.1 Å². The van der Waals surface area contributed by atoms with Crippen LogP contribution in [0.1, 0.15) is 17.0 Å². The Morgan fingerprint density at radius 1 is 1.37 bits per heavy atom. The molecule has 2 rings (SSSR count). The van der Waals surface area contributed by atoms with Crippen LogP contribution in [0.25, 0.3) is 0 Å². The predicted molar refractivity (Wildman–Crippen MR) is 76.4 cm³/mol. The molecule has 2 aromatic rings. The molecule has 1 heterocycles. The molecular weight excluding hydrogens is 332 g/mol. The first-order valence-electron chi connectivity index (χ1n) is 5.55. The number of rotatable bonds is 4. The second-order valence-corrected chi connectivity index (χ2v) is 6.74. The van der Waals surface area contributed by atoms with Gasteiger partial charge in [0.15, 0.2) is 0 Å². The SMILES string of the molecule is Cc1cc(CS(=O)(=O)Nc2cccc(C)c2Br)no1. The number of hydrogen-bond donors (Lipinski definition) is 1. The van der Waals surface area contributed by atoms with Crippen molar-refractivity contribution in [3.8, 4) is 0 Å². The summed E-state index contributed by atoms with van der Waals surface area (Å²) in [4.78, 5) is 0. The number of aryl methyl sites for hydroxylation is 2. The van der Waals surface area contributed by atoms with E-state index in [0.717, 1.165) is 10.0 Å². The number of nitrogens with one attached hydrogen (secondary N) is 1. The van der Waals surface area contributed by atoms with Crippen LogP contribution in [0.5, 0.6) is 0 Å². The monoisotopic (exact) mass is 344 g/mol. The molecule has 19 heavy (non-hydrogen) atoms. The molecule has 0 aliphatic rings. The molecule has 0 saturated carbocycles. The maximum absolute atomic E-state index is 12.0. The van der Waals surface area contributed by atoms with Crippen LogP contribution in [-0.2, 0) is 15.8 Å². The summed E-state index contributed by atoms with van der Waals surface area (Å²) in [7, 11) is -3.52. The highest BCUT2D eigenvalue weighted by Gasteiger charge is 2.16. The molecule has 0 fully saturated rings. The van der Waals surface area contributed by atoms with Gasteiger partial charge in [-0.3, -0.25) is 4.72 Å². The lowest BCUT2D eigenvalue weighted by atomic mass is 10.2. The first kappa shape index (κ1) is 14.1. The fraction of sp³-hybridized carbons (Fsp3) is 0.250. The van der Waals surface area contributed by atoms with Crippen molar-refractivity contribution in [3.05, 3.63) is 45.8 Å². The van der Waals surface area contributed by atoms with Gasteiger partial charge in [-0.25, -0.2) is 8.42 Å². The standard InChI is InChI=1S/C12H13BrN2O3S/c1-8-4-3-5-11(12(8)13)15-19(16,17)7-10-6-9(2)18-14-10/h3-6,15H,7H2,1-2H3. The van der Waals surface area contributed by atoms with Crippen molar-refractivity contribution in [2.75, 3.05) is 4.72 Å². The van der Waals surface area contributed by atoms with Crippen molar-refractivity contribution < 1.29 is 12.9 Å². The Hall–Kier alpha value is -1.34. The van der Waals surface area contributed by atoms with Gasteiger partial charge in [0, 0.05) is 10.5 Å². The van der Waals surface area contributed by atoms with Crippen LogP contribution in [0.4, 0.5) is 5.69 Å². The molecule has 1 N–H and O–H groups in total. The van der Waals surface area contributed by atoms with Gasteiger partial charge in [0.05, 0.1) is 5.69 Å². The Bertz CT molecular complexity index is 695. The number of anilines is 1. The molecule has 1 aromatic heterocycles. The number of aromatic nitrogens is 1. The molecular formula is C12H13BrN2O3S. The number of nitrogens with zero attached hydrogens (tertiary/aromatic N) is 1. The lowest BCUT2D eigenvalue weighted by molar-refractivity contribution is 0.392. The Morgan fingerprint density at radius 2 is 2.11 bits per heavy atom. The summed E-state index contributed by atoms with van der Waals surface area (Å²) in [6.45, 7) is 3.61. The molecule has 0 spiro atoms. The minimum atomic E-state index is -3.52. The maximum Gasteiger partial charge on any atom is 0.238 e. The van der Waals surface area contributed by atoms with Gasteiger partial charge in [-0.05, 0) is 41.4 Å². The van der Waals surface area contributed by atoms with E-state index in [1.807, 2.05) is 13.0 Å². The summed E-state index contributed by atoms with van der Waals surface area (Å²) in [5, 5.41) is 3.68. The van der Waals surface area contributed by atoms with Gasteiger partial charge in [0.25, 0.3) is 0 Å². The van der Waals surface area contributed by atoms with Crippen molar-refractivity contribution in [1.82, 2.24) is 5.16 Å². The number of halogens is 1. The van der Waals surface area contributed by atoms with E-state index in [9.17, 15) is 8.42 Å². The minimum absolute atomic E-state index is 0.218. The zero-order valence-electron chi connectivity index (χ0n) is 10.5.